The van der Waals surface area contributed by atoms with E-state index in [1.807, 2.05) is 13.0 Å². The summed E-state index contributed by atoms with van der Waals surface area (Å²) in [6.07, 6.45) is 2.87. The zero-order valence-electron chi connectivity index (χ0n) is 11.9. The van der Waals surface area contributed by atoms with Crippen molar-refractivity contribution < 1.29 is 8.42 Å². The lowest BCUT2D eigenvalue weighted by atomic mass is 10.3. The third-order valence-electron chi connectivity index (χ3n) is 3.11. The predicted molar refractivity (Wildman–Crippen MR) is 88.3 cm³/mol. The third-order valence-corrected chi connectivity index (χ3v) is 4.80. The number of aromatic nitrogens is 3. The maximum atomic E-state index is 11.5. The third kappa shape index (κ3) is 2.84. The molecule has 0 saturated heterocycles. The minimum Gasteiger partial charge on any atom is -0.340 e. The number of halogens is 1. The Hall–Kier alpha value is -1.93. The van der Waals surface area contributed by atoms with Crippen LogP contribution in [0, 0.1) is 6.92 Å². The van der Waals surface area contributed by atoms with Gasteiger partial charge in [0, 0.05) is 23.7 Å². The van der Waals surface area contributed by atoms with Gasteiger partial charge in [0.2, 0.25) is 0 Å². The van der Waals surface area contributed by atoms with Crippen LogP contribution in [0.15, 0.2) is 45.9 Å². The Balaban J connectivity index is 2.00. The van der Waals surface area contributed by atoms with Crippen molar-refractivity contribution >= 4 is 42.9 Å². The van der Waals surface area contributed by atoms with E-state index in [2.05, 4.69) is 31.3 Å². The van der Waals surface area contributed by atoms with Crippen LogP contribution >= 0.6 is 15.9 Å². The SMILES string of the molecule is Cc1cc(Nc2ccc(S(C)(=O)=O)cc2)n2ncc(Br)c2n1. The van der Waals surface area contributed by atoms with E-state index in [9.17, 15) is 8.42 Å². The number of rotatable bonds is 3. The molecule has 0 aliphatic rings. The van der Waals surface area contributed by atoms with E-state index in [1.54, 1.807) is 35.0 Å². The van der Waals surface area contributed by atoms with Gasteiger partial charge in [-0.05, 0) is 47.1 Å². The highest BCUT2D eigenvalue weighted by Gasteiger charge is 2.10. The van der Waals surface area contributed by atoms with E-state index < -0.39 is 9.84 Å². The molecular weight excluding hydrogens is 368 g/mol. The second kappa shape index (κ2) is 5.36. The number of nitrogens with one attached hydrogen (secondary N) is 1. The molecule has 0 spiro atoms. The molecule has 0 fully saturated rings. The Morgan fingerprint density at radius 2 is 1.91 bits per heavy atom. The van der Waals surface area contributed by atoms with Crippen LogP contribution in [0.3, 0.4) is 0 Å². The van der Waals surface area contributed by atoms with E-state index in [1.165, 1.54) is 6.26 Å². The first-order valence-corrected chi connectivity index (χ1v) is 9.11. The topological polar surface area (TPSA) is 76.4 Å². The van der Waals surface area contributed by atoms with Crippen molar-refractivity contribution in [2.45, 2.75) is 11.8 Å². The van der Waals surface area contributed by atoms with E-state index in [0.29, 0.717) is 0 Å². The molecule has 8 heteroatoms. The molecule has 1 aromatic carbocycles. The number of hydrogen-bond acceptors (Lipinski definition) is 5. The molecule has 0 radical (unpaired) electrons. The van der Waals surface area contributed by atoms with Crippen LogP contribution in [0.1, 0.15) is 5.69 Å². The largest absolute Gasteiger partial charge is 0.340 e. The Morgan fingerprint density at radius 3 is 2.55 bits per heavy atom. The molecule has 0 saturated carbocycles. The van der Waals surface area contributed by atoms with Crippen LogP contribution in [0.2, 0.25) is 0 Å². The van der Waals surface area contributed by atoms with Crippen molar-refractivity contribution in [3.63, 3.8) is 0 Å². The van der Waals surface area contributed by atoms with Crippen LogP contribution in [0.5, 0.6) is 0 Å². The molecule has 2 aromatic heterocycles. The number of nitrogens with zero attached hydrogens (tertiary/aromatic N) is 3. The lowest BCUT2D eigenvalue weighted by molar-refractivity contribution is 0.602. The Labute approximate surface area is 136 Å². The van der Waals surface area contributed by atoms with Crippen LogP contribution in [0.4, 0.5) is 11.5 Å². The molecule has 0 aliphatic heterocycles. The van der Waals surface area contributed by atoms with E-state index in [4.69, 9.17) is 0 Å². The van der Waals surface area contributed by atoms with Gasteiger partial charge in [-0.3, -0.25) is 0 Å². The van der Waals surface area contributed by atoms with Crippen molar-refractivity contribution in [3.05, 3.63) is 46.7 Å². The fourth-order valence-corrected chi connectivity index (χ4v) is 3.06. The second-order valence-electron chi connectivity index (χ2n) is 4.93. The lowest BCUT2D eigenvalue weighted by Crippen LogP contribution is -2.03. The predicted octanol–water partition coefficient (Wildman–Crippen LogP) is 2.95. The summed E-state index contributed by atoms with van der Waals surface area (Å²) in [5, 5.41) is 7.49. The van der Waals surface area contributed by atoms with Crippen molar-refractivity contribution in [3.8, 4) is 0 Å². The first-order valence-electron chi connectivity index (χ1n) is 6.42. The Kier molecular flexibility index (Phi) is 3.65. The molecule has 0 unspecified atom stereocenters. The maximum absolute atomic E-state index is 11.5. The zero-order chi connectivity index (χ0) is 15.9. The minimum absolute atomic E-state index is 0.288. The van der Waals surface area contributed by atoms with Crippen LogP contribution in [-0.4, -0.2) is 29.3 Å². The van der Waals surface area contributed by atoms with Gasteiger partial charge in [0.1, 0.15) is 5.82 Å². The van der Waals surface area contributed by atoms with Crippen molar-refractivity contribution in [1.82, 2.24) is 14.6 Å². The summed E-state index contributed by atoms with van der Waals surface area (Å²) >= 11 is 3.41. The fourth-order valence-electron chi connectivity index (χ4n) is 2.08. The monoisotopic (exact) mass is 380 g/mol. The van der Waals surface area contributed by atoms with Crippen LogP contribution < -0.4 is 5.32 Å². The molecular formula is C14H13BrN4O2S. The number of hydrogen-bond donors (Lipinski definition) is 1. The number of fused-ring (bicyclic) bond motifs is 1. The molecule has 114 valence electrons. The maximum Gasteiger partial charge on any atom is 0.175 e. The molecule has 0 amide bonds. The standard InChI is InChI=1S/C14H13BrN4O2S/c1-9-7-13(19-14(17-9)12(15)8-16-19)18-10-3-5-11(6-4-10)22(2,20)21/h3-8,18H,1-2H3. The zero-order valence-corrected chi connectivity index (χ0v) is 14.3. The Morgan fingerprint density at radius 1 is 1.23 bits per heavy atom. The highest BCUT2D eigenvalue weighted by Crippen LogP contribution is 2.23. The molecule has 22 heavy (non-hydrogen) atoms. The Bertz CT molecular complexity index is 949. The van der Waals surface area contributed by atoms with Gasteiger partial charge in [0.25, 0.3) is 0 Å². The summed E-state index contributed by atoms with van der Waals surface area (Å²) in [6, 6.07) is 8.45. The van der Waals surface area contributed by atoms with Gasteiger partial charge in [-0.1, -0.05) is 0 Å². The molecule has 2 heterocycles. The molecule has 3 aromatic rings. The van der Waals surface area contributed by atoms with Crippen molar-refractivity contribution in [1.29, 1.82) is 0 Å². The number of anilines is 2. The van der Waals surface area contributed by atoms with Crippen LogP contribution in [0.25, 0.3) is 5.65 Å². The summed E-state index contributed by atoms with van der Waals surface area (Å²) in [7, 11) is -3.19. The first kappa shape index (κ1) is 15.0. The quantitative estimate of drug-likeness (QED) is 0.755. The molecule has 1 N–H and O–H groups in total. The van der Waals surface area contributed by atoms with Gasteiger partial charge < -0.3 is 5.32 Å². The molecule has 3 rings (SSSR count). The summed E-state index contributed by atoms with van der Waals surface area (Å²) in [5.41, 5.74) is 2.34. The molecule has 0 atom stereocenters. The fraction of sp³-hybridized carbons (Fsp3) is 0.143. The summed E-state index contributed by atoms with van der Waals surface area (Å²) in [4.78, 5) is 4.71. The van der Waals surface area contributed by atoms with Crippen LogP contribution in [-0.2, 0) is 9.84 Å². The van der Waals surface area contributed by atoms with E-state index in [0.717, 1.165) is 27.3 Å². The van der Waals surface area contributed by atoms with Gasteiger partial charge >= 0.3 is 0 Å². The van der Waals surface area contributed by atoms with Gasteiger partial charge in [-0.25, -0.2) is 13.4 Å². The van der Waals surface area contributed by atoms with Gasteiger partial charge in [0.15, 0.2) is 15.5 Å². The van der Waals surface area contributed by atoms with Gasteiger partial charge in [-0.2, -0.15) is 9.61 Å². The number of aryl methyl sites for hydroxylation is 1. The molecule has 6 nitrogen and oxygen atoms in total. The van der Waals surface area contributed by atoms with E-state index in [-0.39, 0.29) is 4.90 Å². The second-order valence-corrected chi connectivity index (χ2v) is 7.80. The molecule has 0 aliphatic carbocycles. The summed E-state index contributed by atoms with van der Waals surface area (Å²) in [6.45, 7) is 1.90. The lowest BCUT2D eigenvalue weighted by Gasteiger charge is -2.10. The van der Waals surface area contributed by atoms with Crippen molar-refractivity contribution in [2.24, 2.45) is 0 Å². The van der Waals surface area contributed by atoms with Gasteiger partial charge in [-0.15, -0.1) is 0 Å². The van der Waals surface area contributed by atoms with Crippen molar-refractivity contribution in [2.75, 3.05) is 11.6 Å². The number of sulfone groups is 1. The van der Waals surface area contributed by atoms with Gasteiger partial charge in [0.05, 0.1) is 15.6 Å². The smallest absolute Gasteiger partial charge is 0.175 e. The summed E-state index contributed by atoms with van der Waals surface area (Å²) in [5.74, 6) is 0.750. The first-order chi connectivity index (χ1) is 10.3. The average Bonchev–Trinajstić information content (AvgIpc) is 2.80. The minimum atomic E-state index is -3.19. The average molecular weight is 381 g/mol. The number of benzene rings is 1. The van der Waals surface area contributed by atoms with E-state index >= 15 is 0 Å². The normalized spacial score (nSPS) is 11.8. The highest BCUT2D eigenvalue weighted by molar-refractivity contribution is 9.10. The summed E-state index contributed by atoms with van der Waals surface area (Å²) < 4.78 is 25.4. The molecule has 0 bridgehead atoms. The highest BCUT2D eigenvalue weighted by atomic mass is 79.9.